The Labute approximate surface area is 97.2 Å². The van der Waals surface area contributed by atoms with Crippen LogP contribution in [0.15, 0.2) is 0 Å². The van der Waals surface area contributed by atoms with Gasteiger partial charge >= 0.3 is 0 Å². The van der Waals surface area contributed by atoms with Crippen molar-refractivity contribution in [3.63, 3.8) is 0 Å². The van der Waals surface area contributed by atoms with E-state index in [-0.39, 0.29) is 12.0 Å². The van der Waals surface area contributed by atoms with E-state index in [4.69, 9.17) is 9.84 Å². The molecule has 94 valence electrons. The Balaban J connectivity index is 1.81. The van der Waals surface area contributed by atoms with Gasteiger partial charge in [-0.2, -0.15) is 0 Å². The number of hydrogen-bond donors (Lipinski definition) is 2. The summed E-state index contributed by atoms with van der Waals surface area (Å²) in [5.41, 5.74) is -0.0218. The summed E-state index contributed by atoms with van der Waals surface area (Å²) < 4.78 is 5.41. The van der Waals surface area contributed by atoms with Crippen molar-refractivity contribution in [2.45, 2.75) is 19.3 Å². The topological polar surface area (TPSA) is 52.9 Å². The molecule has 2 aliphatic heterocycles. The van der Waals surface area contributed by atoms with E-state index in [1.54, 1.807) is 0 Å². The van der Waals surface area contributed by atoms with Crippen LogP contribution in [0.2, 0.25) is 0 Å². The summed E-state index contributed by atoms with van der Waals surface area (Å²) in [7, 11) is 0. The number of likely N-dealkylation sites (tertiary alicyclic amines) is 1. The van der Waals surface area contributed by atoms with E-state index in [1.807, 2.05) is 0 Å². The standard InChI is InChI=1S/C12H23NO3/c14-7-11-1-4-13(5-2-11)8-12(9-15)3-6-16-10-12/h11,14-15H,1-10H2. The predicted molar refractivity (Wildman–Crippen MR) is 61.2 cm³/mol. The van der Waals surface area contributed by atoms with Crippen LogP contribution in [0.5, 0.6) is 0 Å². The summed E-state index contributed by atoms with van der Waals surface area (Å²) in [5, 5.41) is 18.6. The van der Waals surface area contributed by atoms with Gasteiger partial charge in [0.1, 0.15) is 0 Å². The van der Waals surface area contributed by atoms with Crippen molar-refractivity contribution in [1.82, 2.24) is 4.90 Å². The molecule has 2 rings (SSSR count). The van der Waals surface area contributed by atoms with Gasteiger partial charge in [-0.05, 0) is 38.3 Å². The van der Waals surface area contributed by atoms with Gasteiger partial charge in [0.15, 0.2) is 0 Å². The Morgan fingerprint density at radius 2 is 2.00 bits per heavy atom. The fraction of sp³-hybridized carbons (Fsp3) is 1.00. The number of ether oxygens (including phenoxy) is 1. The van der Waals surface area contributed by atoms with E-state index >= 15 is 0 Å². The summed E-state index contributed by atoms with van der Waals surface area (Å²) in [6.07, 6.45) is 3.14. The van der Waals surface area contributed by atoms with Crippen LogP contribution in [0.1, 0.15) is 19.3 Å². The summed E-state index contributed by atoms with van der Waals surface area (Å²) in [6.45, 7) is 5.08. The predicted octanol–water partition coefficient (Wildman–Crippen LogP) is 0.0897. The van der Waals surface area contributed by atoms with Crippen LogP contribution in [0, 0.1) is 11.3 Å². The molecule has 0 amide bonds. The fourth-order valence-electron chi connectivity index (χ4n) is 2.75. The monoisotopic (exact) mass is 229 g/mol. The SMILES string of the molecule is OCC1CCN(CC2(CO)CCOC2)CC1. The zero-order valence-electron chi connectivity index (χ0n) is 9.90. The molecule has 0 aromatic heterocycles. The van der Waals surface area contributed by atoms with Gasteiger partial charge < -0.3 is 19.8 Å². The van der Waals surface area contributed by atoms with Crippen LogP contribution in [-0.2, 0) is 4.74 Å². The van der Waals surface area contributed by atoms with Gasteiger partial charge in [-0.1, -0.05) is 0 Å². The molecule has 1 unspecified atom stereocenters. The van der Waals surface area contributed by atoms with Gasteiger partial charge in [0.05, 0.1) is 13.2 Å². The first-order valence-electron chi connectivity index (χ1n) is 6.30. The first-order chi connectivity index (χ1) is 7.78. The minimum atomic E-state index is -0.0218. The molecule has 0 radical (unpaired) electrons. The molecule has 4 heteroatoms. The number of rotatable bonds is 4. The Hall–Kier alpha value is -0.160. The van der Waals surface area contributed by atoms with Crippen molar-refractivity contribution in [1.29, 1.82) is 0 Å². The summed E-state index contributed by atoms with van der Waals surface area (Å²) in [5.74, 6) is 0.487. The third-order valence-electron chi connectivity index (χ3n) is 4.04. The van der Waals surface area contributed by atoms with E-state index in [1.165, 1.54) is 0 Å². The van der Waals surface area contributed by atoms with Crippen LogP contribution in [0.25, 0.3) is 0 Å². The molecule has 0 saturated carbocycles. The second-order valence-electron chi connectivity index (χ2n) is 5.36. The molecule has 2 saturated heterocycles. The smallest absolute Gasteiger partial charge is 0.0557 e. The number of aliphatic hydroxyl groups excluding tert-OH is 2. The average Bonchev–Trinajstić information content (AvgIpc) is 2.79. The molecule has 1 atom stereocenters. The summed E-state index contributed by atoms with van der Waals surface area (Å²) in [4.78, 5) is 2.41. The Morgan fingerprint density at radius 1 is 1.25 bits per heavy atom. The van der Waals surface area contributed by atoms with Gasteiger partial charge in [-0.25, -0.2) is 0 Å². The number of aliphatic hydroxyl groups is 2. The van der Waals surface area contributed by atoms with Crippen molar-refractivity contribution < 1.29 is 14.9 Å². The van der Waals surface area contributed by atoms with E-state index in [2.05, 4.69) is 4.90 Å². The highest BCUT2D eigenvalue weighted by Gasteiger charge is 2.36. The third kappa shape index (κ3) is 2.74. The summed E-state index contributed by atoms with van der Waals surface area (Å²) >= 11 is 0. The molecule has 2 fully saturated rings. The van der Waals surface area contributed by atoms with E-state index in [9.17, 15) is 5.11 Å². The van der Waals surface area contributed by atoms with E-state index < -0.39 is 0 Å². The lowest BCUT2D eigenvalue weighted by Gasteiger charge is -2.37. The lowest BCUT2D eigenvalue weighted by atomic mass is 9.86. The van der Waals surface area contributed by atoms with Crippen LogP contribution in [0.3, 0.4) is 0 Å². The number of piperidine rings is 1. The largest absolute Gasteiger partial charge is 0.396 e. The molecule has 4 nitrogen and oxygen atoms in total. The molecule has 2 N–H and O–H groups in total. The van der Waals surface area contributed by atoms with Crippen LogP contribution < -0.4 is 0 Å². The highest BCUT2D eigenvalue weighted by molar-refractivity contribution is 4.87. The van der Waals surface area contributed by atoms with Gasteiger partial charge in [0, 0.05) is 25.2 Å². The molecule has 0 aromatic carbocycles. The molecule has 2 heterocycles. The van der Waals surface area contributed by atoms with E-state index in [0.717, 1.165) is 45.5 Å². The van der Waals surface area contributed by atoms with Crippen LogP contribution in [0.4, 0.5) is 0 Å². The van der Waals surface area contributed by atoms with Gasteiger partial charge in [0.25, 0.3) is 0 Å². The summed E-state index contributed by atoms with van der Waals surface area (Å²) in [6, 6.07) is 0. The van der Waals surface area contributed by atoms with Crippen molar-refractivity contribution in [3.05, 3.63) is 0 Å². The highest BCUT2D eigenvalue weighted by atomic mass is 16.5. The van der Waals surface area contributed by atoms with Gasteiger partial charge in [-0.3, -0.25) is 0 Å². The maximum atomic E-state index is 9.50. The molecular weight excluding hydrogens is 206 g/mol. The van der Waals surface area contributed by atoms with Crippen molar-refractivity contribution in [2.75, 3.05) is 46.1 Å². The zero-order valence-corrected chi connectivity index (χ0v) is 9.90. The second-order valence-corrected chi connectivity index (χ2v) is 5.36. The average molecular weight is 229 g/mol. The zero-order chi connectivity index (χ0) is 11.4. The minimum absolute atomic E-state index is 0.0218. The highest BCUT2D eigenvalue weighted by Crippen LogP contribution is 2.30. The normalized spacial score (nSPS) is 33.4. The minimum Gasteiger partial charge on any atom is -0.396 e. The second kappa shape index (κ2) is 5.45. The van der Waals surface area contributed by atoms with Crippen LogP contribution >= 0.6 is 0 Å². The number of hydrogen-bond acceptors (Lipinski definition) is 4. The molecule has 16 heavy (non-hydrogen) atoms. The molecule has 0 aliphatic carbocycles. The Bertz CT molecular complexity index is 208. The molecule has 0 bridgehead atoms. The maximum Gasteiger partial charge on any atom is 0.0557 e. The quantitative estimate of drug-likeness (QED) is 0.717. The molecular formula is C12H23NO3. The van der Waals surface area contributed by atoms with Crippen molar-refractivity contribution in [2.24, 2.45) is 11.3 Å². The Kier molecular flexibility index (Phi) is 4.19. The fourth-order valence-corrected chi connectivity index (χ4v) is 2.75. The van der Waals surface area contributed by atoms with Crippen LogP contribution in [-0.4, -0.2) is 61.2 Å². The van der Waals surface area contributed by atoms with Gasteiger partial charge in [0.2, 0.25) is 0 Å². The lowest BCUT2D eigenvalue weighted by Crippen LogP contribution is -2.44. The van der Waals surface area contributed by atoms with E-state index in [0.29, 0.717) is 19.1 Å². The molecule has 0 spiro atoms. The third-order valence-corrected chi connectivity index (χ3v) is 4.04. The number of nitrogens with zero attached hydrogens (tertiary/aromatic N) is 1. The Morgan fingerprint density at radius 3 is 2.50 bits per heavy atom. The first-order valence-corrected chi connectivity index (χ1v) is 6.30. The molecule has 0 aromatic rings. The van der Waals surface area contributed by atoms with Gasteiger partial charge in [-0.15, -0.1) is 0 Å². The lowest BCUT2D eigenvalue weighted by molar-refractivity contribution is 0.0389. The van der Waals surface area contributed by atoms with Crippen molar-refractivity contribution in [3.8, 4) is 0 Å². The maximum absolute atomic E-state index is 9.50. The molecule has 2 aliphatic rings. The van der Waals surface area contributed by atoms with Crippen molar-refractivity contribution >= 4 is 0 Å². The first kappa shape index (κ1) is 12.3.